The summed E-state index contributed by atoms with van der Waals surface area (Å²) in [7, 11) is -0.802. The number of allylic oxidation sites excluding steroid dienone is 3. The molecule has 0 amide bonds. The van der Waals surface area contributed by atoms with Crippen LogP contribution in [0.15, 0.2) is 22.9 Å². The maximum atomic E-state index is 2.49. The molecule has 1 unspecified atom stereocenters. The van der Waals surface area contributed by atoms with Crippen LogP contribution < -0.4 is 24.8 Å². The molecule has 0 spiro atoms. The first-order chi connectivity index (χ1) is 7.64. The van der Waals surface area contributed by atoms with Gasteiger partial charge in [-0.25, -0.2) is 0 Å². The van der Waals surface area contributed by atoms with Crippen molar-refractivity contribution in [1.29, 1.82) is 0 Å². The first kappa shape index (κ1) is 22.2. The molecule has 1 aliphatic carbocycles. The number of nitrogens with zero attached hydrogens (tertiary/aromatic N) is 1. The van der Waals surface area contributed by atoms with Gasteiger partial charge in [-0.15, -0.1) is 0 Å². The van der Waals surface area contributed by atoms with Crippen LogP contribution in [0.1, 0.15) is 47.5 Å². The molecule has 0 heterocycles. The van der Waals surface area contributed by atoms with Crippen LogP contribution in [0.4, 0.5) is 0 Å². The average Bonchev–Trinajstić information content (AvgIpc) is 2.56. The summed E-state index contributed by atoms with van der Waals surface area (Å²) in [6, 6.07) is 0. The second-order valence-electron chi connectivity index (χ2n) is 6.46. The minimum atomic E-state index is -0.802. The molecule has 0 fully saturated rings. The Bertz CT molecular complexity index is 372. The monoisotopic (exact) mass is 355 g/mol. The van der Waals surface area contributed by atoms with Gasteiger partial charge < -0.3 is 24.8 Å². The maximum Gasteiger partial charge on any atom is -1.00 e. The zero-order valence-electron chi connectivity index (χ0n) is 13.3. The molecule has 0 saturated heterocycles. The fraction of sp³-hybridized carbons (Fsp3) is 0.714. The number of quaternary nitrogens is 1. The third-order valence-electron chi connectivity index (χ3n) is 4.00. The van der Waals surface area contributed by atoms with Crippen molar-refractivity contribution < 1.29 is 48.1 Å². The van der Waals surface area contributed by atoms with Crippen molar-refractivity contribution in [3.05, 3.63) is 22.9 Å². The normalized spacial score (nSPS) is 18.6. The molecule has 1 nitrogen and oxygen atoms in total. The number of hydrogen-bond acceptors (Lipinski definition) is 0. The quantitative estimate of drug-likeness (QED) is 0.517. The summed E-state index contributed by atoms with van der Waals surface area (Å²) in [4.78, 5) is 0. The minimum Gasteiger partial charge on any atom is -1.00 e. The van der Waals surface area contributed by atoms with Gasteiger partial charge in [0, 0.05) is 0 Å². The van der Waals surface area contributed by atoms with Gasteiger partial charge in [0.15, 0.2) is 0 Å². The van der Waals surface area contributed by atoms with E-state index in [2.05, 4.69) is 74.5 Å². The Labute approximate surface area is 145 Å². The van der Waals surface area contributed by atoms with Crippen LogP contribution in [0.2, 0.25) is 13.1 Å². The molecule has 0 bridgehead atoms. The van der Waals surface area contributed by atoms with E-state index < -0.39 is 8.96 Å². The Balaban J connectivity index is 0. The zero-order chi connectivity index (χ0) is 13.4. The molecule has 0 aliphatic heterocycles. The molecule has 1 rings (SSSR count). The number of hydrogen-bond donors (Lipinski definition) is 0. The van der Waals surface area contributed by atoms with E-state index >= 15 is 0 Å². The molecule has 19 heavy (non-hydrogen) atoms. The van der Waals surface area contributed by atoms with Crippen molar-refractivity contribution in [3.8, 4) is 0 Å². The van der Waals surface area contributed by atoms with Crippen molar-refractivity contribution in [2.24, 2.45) is 0 Å². The van der Waals surface area contributed by atoms with E-state index in [1.54, 1.807) is 16.8 Å². The first-order valence-corrected chi connectivity index (χ1v) is 10.2. The Hall–Kier alpha value is 0.951. The van der Waals surface area contributed by atoms with Gasteiger partial charge in [-0.05, 0) is 0 Å². The van der Waals surface area contributed by atoms with Crippen molar-refractivity contribution >= 4 is 8.96 Å². The van der Waals surface area contributed by atoms with Crippen LogP contribution >= 0.6 is 0 Å². The van der Waals surface area contributed by atoms with Crippen LogP contribution in [0, 0.1) is 0 Å². The Morgan fingerprint density at radius 3 is 2.00 bits per heavy atom. The molecule has 0 aromatic carbocycles. The van der Waals surface area contributed by atoms with E-state index in [0.717, 1.165) is 0 Å². The SMILES string of the molecule is CCC1=C(C)CC([N+]([Ti])([SiH](C)C)C(C)(C)C)=C1.[Cl-].[Cl-]. The van der Waals surface area contributed by atoms with Crippen LogP contribution in [0.3, 0.4) is 0 Å². The number of halogens is 2. The van der Waals surface area contributed by atoms with Gasteiger partial charge >= 0.3 is 121 Å². The fourth-order valence-corrected chi connectivity index (χ4v) is 5.53. The van der Waals surface area contributed by atoms with Gasteiger partial charge in [-0.1, -0.05) is 0 Å². The molecule has 0 N–H and O–H groups in total. The Kier molecular flexibility index (Phi) is 9.15. The summed E-state index contributed by atoms with van der Waals surface area (Å²) in [6.07, 6.45) is 4.87. The summed E-state index contributed by atoms with van der Waals surface area (Å²) < 4.78 is 1.19. The molecule has 1 atom stereocenters. The van der Waals surface area contributed by atoms with Crippen LogP contribution in [-0.4, -0.2) is 17.1 Å². The molecular weight excluding hydrogens is 329 g/mol. The molecule has 1 aliphatic rings. The summed E-state index contributed by atoms with van der Waals surface area (Å²) in [5.74, 6) is 0. The fourth-order valence-electron chi connectivity index (χ4n) is 2.93. The van der Waals surface area contributed by atoms with Crippen molar-refractivity contribution in [3.63, 3.8) is 0 Å². The minimum absolute atomic E-state index is 0. The molecule has 0 aromatic rings. The van der Waals surface area contributed by atoms with Crippen LogP contribution in [0.25, 0.3) is 0 Å². The van der Waals surface area contributed by atoms with Gasteiger partial charge in [-0.2, -0.15) is 0 Å². The predicted octanol–water partition coefficient (Wildman–Crippen LogP) is -1.93. The standard InChI is InChI=1S/C14H27NSi.2ClH.Ti/c1-8-12-10-13(9-11(12)2)15(16(6)7)14(3,4)5;;;/h10,16H,8-9H2,1-7H3;2*1H;/q;;;+1/p-2. The summed E-state index contributed by atoms with van der Waals surface area (Å²) in [6.45, 7) is 16.7. The Morgan fingerprint density at radius 2 is 1.74 bits per heavy atom. The average molecular weight is 356 g/mol. The molecule has 0 saturated carbocycles. The molecule has 0 aromatic heterocycles. The van der Waals surface area contributed by atoms with E-state index in [1.807, 2.05) is 0 Å². The van der Waals surface area contributed by atoms with Crippen molar-refractivity contribution in [2.75, 3.05) is 0 Å². The zero-order valence-corrected chi connectivity index (χ0v) is 17.5. The van der Waals surface area contributed by atoms with E-state index in [9.17, 15) is 0 Å². The van der Waals surface area contributed by atoms with Gasteiger partial charge in [0.1, 0.15) is 0 Å². The van der Waals surface area contributed by atoms with E-state index in [4.69, 9.17) is 0 Å². The second-order valence-corrected chi connectivity index (χ2v) is 11.3. The van der Waals surface area contributed by atoms with Gasteiger partial charge in [0.25, 0.3) is 0 Å². The van der Waals surface area contributed by atoms with Crippen molar-refractivity contribution in [1.82, 2.24) is 0 Å². The van der Waals surface area contributed by atoms with Gasteiger partial charge in [-0.3, -0.25) is 0 Å². The topological polar surface area (TPSA) is 0 Å². The largest absolute Gasteiger partial charge is 1.00 e. The molecule has 5 heteroatoms. The third kappa shape index (κ3) is 4.21. The maximum absolute atomic E-state index is 2.49. The van der Waals surface area contributed by atoms with Crippen LogP contribution in [0.5, 0.6) is 0 Å². The van der Waals surface area contributed by atoms with Crippen LogP contribution in [-0.2, 0) is 20.7 Å². The van der Waals surface area contributed by atoms with E-state index in [1.165, 1.54) is 15.5 Å². The van der Waals surface area contributed by atoms with Gasteiger partial charge in [0.2, 0.25) is 0 Å². The third-order valence-corrected chi connectivity index (χ3v) is 10.6. The summed E-state index contributed by atoms with van der Waals surface area (Å²) in [5, 5.41) is 0. The summed E-state index contributed by atoms with van der Waals surface area (Å²) in [5.41, 5.74) is 5.12. The predicted molar refractivity (Wildman–Crippen MR) is 74.6 cm³/mol. The molecule has 0 radical (unpaired) electrons. The molecule has 111 valence electrons. The van der Waals surface area contributed by atoms with Crippen molar-refractivity contribution in [2.45, 2.75) is 66.1 Å². The summed E-state index contributed by atoms with van der Waals surface area (Å²) >= 11 is 2.45. The first-order valence-electron chi connectivity index (χ1n) is 6.68. The smallest absolute Gasteiger partial charge is 1.00 e. The second kappa shape index (κ2) is 7.82. The Morgan fingerprint density at radius 1 is 1.26 bits per heavy atom. The van der Waals surface area contributed by atoms with E-state index in [-0.39, 0.29) is 24.8 Å². The number of rotatable bonds is 3. The molecular formula is C14H27Cl2NSiTi-. The van der Waals surface area contributed by atoms with Gasteiger partial charge in [0.05, 0.1) is 0 Å². The van der Waals surface area contributed by atoms with E-state index in [0.29, 0.717) is 5.54 Å².